The summed E-state index contributed by atoms with van der Waals surface area (Å²) in [7, 11) is 0. The molecule has 0 radical (unpaired) electrons. The minimum atomic E-state index is 0.793. The lowest BCUT2D eigenvalue weighted by atomic mass is 10.0. The molecule has 0 aliphatic heterocycles. The Morgan fingerprint density at radius 3 is 2.79 bits per heavy atom. The largest absolute Gasteiger partial charge is 0.353 e. The van der Waals surface area contributed by atoms with Crippen LogP contribution in [-0.4, -0.2) is 4.98 Å². The third-order valence-corrected chi connectivity index (χ3v) is 4.03. The molecule has 3 aromatic rings. The summed E-state index contributed by atoms with van der Waals surface area (Å²) >= 11 is 6.24. The minimum absolute atomic E-state index is 0.793. The molecule has 0 atom stereocenters. The molecule has 0 saturated carbocycles. The van der Waals surface area contributed by atoms with Crippen molar-refractivity contribution >= 4 is 33.4 Å². The molecule has 2 heteroatoms. The molecule has 98 valence electrons. The first kappa shape index (κ1) is 12.6. The van der Waals surface area contributed by atoms with Crippen LogP contribution in [-0.2, 0) is 6.42 Å². The van der Waals surface area contributed by atoms with E-state index in [4.69, 9.17) is 11.6 Å². The van der Waals surface area contributed by atoms with Gasteiger partial charge in [-0.3, -0.25) is 0 Å². The monoisotopic (exact) mass is 271 g/mol. The molecule has 1 heterocycles. The molecule has 2 aromatic carbocycles. The number of halogens is 1. The maximum absolute atomic E-state index is 6.24. The Labute approximate surface area is 118 Å². The fourth-order valence-corrected chi connectivity index (χ4v) is 2.89. The van der Waals surface area contributed by atoms with Gasteiger partial charge >= 0.3 is 0 Å². The quantitative estimate of drug-likeness (QED) is 0.585. The summed E-state index contributed by atoms with van der Waals surface area (Å²) in [5.41, 5.74) is 3.63. The highest BCUT2D eigenvalue weighted by molar-refractivity contribution is 6.36. The van der Waals surface area contributed by atoms with Crippen LogP contribution < -0.4 is 0 Å². The smallest absolute Gasteiger partial charge is 0.0654 e. The van der Waals surface area contributed by atoms with Gasteiger partial charge < -0.3 is 4.98 Å². The summed E-state index contributed by atoms with van der Waals surface area (Å²) < 4.78 is 0. The molecule has 0 aliphatic rings. The molecule has 0 fully saturated rings. The van der Waals surface area contributed by atoms with Gasteiger partial charge in [0.05, 0.1) is 10.5 Å². The van der Waals surface area contributed by atoms with Gasteiger partial charge in [0.15, 0.2) is 0 Å². The normalized spacial score (nSPS) is 11.5. The van der Waals surface area contributed by atoms with Gasteiger partial charge in [-0.2, -0.15) is 0 Å². The van der Waals surface area contributed by atoms with Crippen LogP contribution in [0.1, 0.15) is 31.7 Å². The molecule has 1 aromatic heterocycles. The predicted molar refractivity (Wildman–Crippen MR) is 84.0 cm³/mol. The molecule has 1 N–H and O–H groups in total. The number of unbranched alkanes of at least 4 members (excludes halogenated alkanes) is 2. The molecule has 19 heavy (non-hydrogen) atoms. The van der Waals surface area contributed by atoms with Crippen molar-refractivity contribution in [2.45, 2.75) is 32.6 Å². The van der Waals surface area contributed by atoms with Crippen LogP contribution in [0.25, 0.3) is 21.8 Å². The van der Waals surface area contributed by atoms with E-state index in [2.05, 4.69) is 36.2 Å². The highest BCUT2D eigenvalue weighted by Crippen LogP contribution is 2.30. The van der Waals surface area contributed by atoms with Crippen LogP contribution in [0.3, 0.4) is 0 Å². The van der Waals surface area contributed by atoms with Gasteiger partial charge in [-0.15, -0.1) is 0 Å². The lowest BCUT2D eigenvalue weighted by Crippen LogP contribution is -1.84. The fourth-order valence-electron chi connectivity index (χ4n) is 2.67. The van der Waals surface area contributed by atoms with Gasteiger partial charge in [-0.25, -0.2) is 0 Å². The molecule has 1 nitrogen and oxygen atoms in total. The number of nitrogens with one attached hydrogen (secondary N) is 1. The molecule has 0 bridgehead atoms. The maximum atomic E-state index is 6.24. The second-order valence-corrected chi connectivity index (χ2v) is 5.53. The summed E-state index contributed by atoms with van der Waals surface area (Å²) in [5.74, 6) is 0. The van der Waals surface area contributed by atoms with E-state index in [1.165, 1.54) is 41.1 Å². The number of para-hydroxylation sites is 1. The van der Waals surface area contributed by atoms with Gasteiger partial charge in [0, 0.05) is 16.3 Å². The van der Waals surface area contributed by atoms with E-state index in [1.54, 1.807) is 0 Å². The number of hydrogen-bond acceptors (Lipinski definition) is 0. The Morgan fingerprint density at radius 1 is 1.05 bits per heavy atom. The van der Waals surface area contributed by atoms with Gasteiger partial charge in [-0.1, -0.05) is 49.6 Å². The average molecular weight is 272 g/mol. The number of aromatic amines is 1. The van der Waals surface area contributed by atoms with E-state index in [9.17, 15) is 0 Å². The van der Waals surface area contributed by atoms with Crippen LogP contribution in [0.2, 0.25) is 5.02 Å². The second-order valence-electron chi connectivity index (χ2n) is 5.12. The zero-order valence-corrected chi connectivity index (χ0v) is 11.9. The van der Waals surface area contributed by atoms with Crippen LogP contribution in [0.15, 0.2) is 36.4 Å². The van der Waals surface area contributed by atoms with Crippen LogP contribution >= 0.6 is 11.6 Å². The number of aryl methyl sites for hydroxylation is 1. The minimum Gasteiger partial charge on any atom is -0.353 e. The lowest BCUT2D eigenvalue weighted by molar-refractivity contribution is 0.718. The second kappa shape index (κ2) is 5.26. The van der Waals surface area contributed by atoms with Gasteiger partial charge in [-0.05, 0) is 36.6 Å². The van der Waals surface area contributed by atoms with E-state index in [-0.39, 0.29) is 0 Å². The molecule has 0 spiro atoms. The predicted octanol–water partition coefficient (Wildman–Crippen LogP) is 5.71. The zero-order chi connectivity index (χ0) is 13.2. The Bertz CT molecular complexity index is 712. The van der Waals surface area contributed by atoms with E-state index >= 15 is 0 Å². The third kappa shape index (κ3) is 2.35. The Hall–Kier alpha value is -1.47. The van der Waals surface area contributed by atoms with Crippen molar-refractivity contribution in [3.63, 3.8) is 0 Å². The van der Waals surface area contributed by atoms with Crippen molar-refractivity contribution < 1.29 is 0 Å². The summed E-state index contributed by atoms with van der Waals surface area (Å²) in [4.78, 5) is 3.41. The molecule has 0 saturated heterocycles. The summed E-state index contributed by atoms with van der Waals surface area (Å²) in [6.45, 7) is 2.24. The van der Waals surface area contributed by atoms with Crippen molar-refractivity contribution in [1.29, 1.82) is 0 Å². The summed E-state index contributed by atoms with van der Waals surface area (Å²) in [5, 5.41) is 3.30. The topological polar surface area (TPSA) is 15.8 Å². The number of hydrogen-bond donors (Lipinski definition) is 1. The molecular weight excluding hydrogens is 254 g/mol. The van der Waals surface area contributed by atoms with Gasteiger partial charge in [0.25, 0.3) is 0 Å². The van der Waals surface area contributed by atoms with E-state index < -0.39 is 0 Å². The number of fused-ring (bicyclic) bond motifs is 3. The summed E-state index contributed by atoms with van der Waals surface area (Å²) in [6, 6.07) is 12.8. The van der Waals surface area contributed by atoms with Gasteiger partial charge in [0.2, 0.25) is 0 Å². The summed E-state index contributed by atoms with van der Waals surface area (Å²) in [6.07, 6.45) is 5.00. The lowest BCUT2D eigenvalue weighted by Gasteiger charge is -2.01. The van der Waals surface area contributed by atoms with Crippen molar-refractivity contribution in [1.82, 2.24) is 4.98 Å². The number of aromatic nitrogens is 1. The Balaban J connectivity index is 2.06. The van der Waals surface area contributed by atoms with E-state index in [0.29, 0.717) is 0 Å². The van der Waals surface area contributed by atoms with Crippen LogP contribution in [0.5, 0.6) is 0 Å². The number of rotatable bonds is 4. The standard InChI is InChI=1S/C17H18ClN/c1-2-3-4-6-12-9-10-16-14(11-12)13-7-5-8-15(18)17(13)19-16/h5,7-11,19H,2-4,6H2,1H3. The van der Waals surface area contributed by atoms with E-state index in [0.717, 1.165) is 17.0 Å². The van der Waals surface area contributed by atoms with E-state index in [1.807, 2.05) is 12.1 Å². The fraction of sp³-hybridized carbons (Fsp3) is 0.294. The zero-order valence-electron chi connectivity index (χ0n) is 11.2. The molecule has 0 amide bonds. The molecular formula is C17H18ClN. The van der Waals surface area contributed by atoms with Crippen LogP contribution in [0, 0.1) is 0 Å². The first-order valence-electron chi connectivity index (χ1n) is 6.98. The Kier molecular flexibility index (Phi) is 3.48. The van der Waals surface area contributed by atoms with Crippen LogP contribution in [0.4, 0.5) is 0 Å². The van der Waals surface area contributed by atoms with Gasteiger partial charge in [0.1, 0.15) is 0 Å². The molecule has 3 rings (SSSR count). The van der Waals surface area contributed by atoms with Crippen molar-refractivity contribution in [3.05, 3.63) is 47.0 Å². The average Bonchev–Trinajstić information content (AvgIpc) is 2.79. The van der Waals surface area contributed by atoms with Crippen molar-refractivity contribution in [2.24, 2.45) is 0 Å². The highest BCUT2D eigenvalue weighted by Gasteiger charge is 2.07. The highest BCUT2D eigenvalue weighted by atomic mass is 35.5. The SMILES string of the molecule is CCCCCc1ccc2[nH]c3c(Cl)cccc3c2c1. The van der Waals surface area contributed by atoms with Crippen molar-refractivity contribution in [3.8, 4) is 0 Å². The van der Waals surface area contributed by atoms with Crippen molar-refractivity contribution in [2.75, 3.05) is 0 Å². The first-order chi connectivity index (χ1) is 9.29. The Morgan fingerprint density at radius 2 is 1.95 bits per heavy atom. The first-order valence-corrected chi connectivity index (χ1v) is 7.36. The molecule has 0 unspecified atom stereocenters. The number of H-pyrrole nitrogens is 1. The molecule has 0 aliphatic carbocycles. The number of benzene rings is 2. The third-order valence-electron chi connectivity index (χ3n) is 3.72. The maximum Gasteiger partial charge on any atom is 0.0654 e.